The minimum atomic E-state index is -0.229. The normalized spacial score (nSPS) is 32.8. The van der Waals surface area contributed by atoms with Gasteiger partial charge in [0.15, 0.2) is 0 Å². The second kappa shape index (κ2) is 6.91. The van der Waals surface area contributed by atoms with Crippen LogP contribution in [0.4, 0.5) is 0 Å². The summed E-state index contributed by atoms with van der Waals surface area (Å²) < 4.78 is 0. The van der Waals surface area contributed by atoms with Crippen LogP contribution in [0.1, 0.15) is 65.2 Å². The maximum Gasteiger partial charge on any atom is 0.0684 e. The first-order chi connectivity index (χ1) is 9.53. The number of hydrogen-bond donors (Lipinski definition) is 1. The second-order valence-corrected chi connectivity index (χ2v) is 7.36. The van der Waals surface area contributed by atoms with E-state index < -0.39 is 0 Å². The number of rotatable bonds is 4. The van der Waals surface area contributed by atoms with E-state index in [2.05, 4.69) is 11.0 Å². The molecule has 1 aliphatic carbocycles. The van der Waals surface area contributed by atoms with Gasteiger partial charge in [-0.05, 0) is 59.0 Å². The van der Waals surface area contributed by atoms with Crippen LogP contribution in [-0.2, 0) is 0 Å². The Balaban J connectivity index is 1.96. The topological polar surface area (TPSA) is 47.3 Å². The number of likely N-dealkylation sites (tertiary alicyclic amines) is 1. The van der Waals surface area contributed by atoms with E-state index in [4.69, 9.17) is 0 Å². The summed E-state index contributed by atoms with van der Waals surface area (Å²) in [6, 6.07) is 2.96. The third-order valence-electron chi connectivity index (χ3n) is 5.27. The van der Waals surface area contributed by atoms with E-state index in [0.717, 1.165) is 25.9 Å². The molecule has 114 valence electrons. The molecule has 3 heteroatoms. The van der Waals surface area contributed by atoms with Crippen molar-refractivity contribution in [1.29, 1.82) is 5.26 Å². The van der Waals surface area contributed by atoms with Crippen LogP contribution in [0.15, 0.2) is 0 Å². The number of piperidine rings is 1. The lowest BCUT2D eigenvalue weighted by Crippen LogP contribution is -2.49. The van der Waals surface area contributed by atoms with Crippen molar-refractivity contribution in [3.05, 3.63) is 0 Å². The molecule has 2 fully saturated rings. The van der Waals surface area contributed by atoms with Gasteiger partial charge in [0.05, 0.1) is 17.6 Å². The molecule has 0 bridgehead atoms. The van der Waals surface area contributed by atoms with Crippen LogP contribution in [0.3, 0.4) is 0 Å². The summed E-state index contributed by atoms with van der Waals surface area (Å²) in [7, 11) is 0. The Hall–Kier alpha value is -0.590. The summed E-state index contributed by atoms with van der Waals surface area (Å²) in [5.74, 6) is 0.467. The standard InChI is InChI=1S/C17H30N2O/c1-17(2,13-18)10-12-19-11-6-5-8-15(19)14-7-3-4-9-16(14)20/h14-16,20H,3-12H2,1-2H3. The van der Waals surface area contributed by atoms with Crippen LogP contribution in [0.25, 0.3) is 0 Å². The zero-order valence-corrected chi connectivity index (χ0v) is 13.1. The predicted molar refractivity (Wildman–Crippen MR) is 81.2 cm³/mol. The molecular formula is C17H30N2O. The minimum absolute atomic E-state index is 0.0988. The first kappa shape index (κ1) is 15.8. The third-order valence-corrected chi connectivity index (χ3v) is 5.27. The van der Waals surface area contributed by atoms with Gasteiger partial charge in [-0.15, -0.1) is 0 Å². The molecule has 0 aromatic heterocycles. The van der Waals surface area contributed by atoms with Crippen LogP contribution in [0, 0.1) is 22.7 Å². The lowest BCUT2D eigenvalue weighted by Gasteiger charge is -2.44. The van der Waals surface area contributed by atoms with E-state index in [1.807, 2.05) is 13.8 Å². The molecule has 0 aromatic rings. The van der Waals surface area contributed by atoms with Crippen molar-refractivity contribution in [2.75, 3.05) is 13.1 Å². The number of aliphatic hydroxyl groups is 1. The molecule has 2 aliphatic rings. The highest BCUT2D eigenvalue weighted by atomic mass is 16.3. The smallest absolute Gasteiger partial charge is 0.0684 e. The van der Waals surface area contributed by atoms with Crippen molar-refractivity contribution in [1.82, 2.24) is 4.90 Å². The molecule has 3 atom stereocenters. The van der Waals surface area contributed by atoms with Gasteiger partial charge in [0, 0.05) is 12.0 Å². The zero-order chi connectivity index (χ0) is 14.6. The quantitative estimate of drug-likeness (QED) is 0.858. The Bertz CT molecular complexity index is 347. The Kier molecular flexibility index (Phi) is 5.46. The minimum Gasteiger partial charge on any atom is -0.393 e. The van der Waals surface area contributed by atoms with Crippen LogP contribution in [0.2, 0.25) is 0 Å². The van der Waals surface area contributed by atoms with Crippen molar-refractivity contribution >= 4 is 0 Å². The number of hydrogen-bond acceptors (Lipinski definition) is 3. The van der Waals surface area contributed by atoms with Crippen LogP contribution < -0.4 is 0 Å². The zero-order valence-electron chi connectivity index (χ0n) is 13.1. The lowest BCUT2D eigenvalue weighted by molar-refractivity contribution is -0.00773. The van der Waals surface area contributed by atoms with E-state index in [-0.39, 0.29) is 11.5 Å². The highest BCUT2D eigenvalue weighted by Gasteiger charge is 2.35. The first-order valence-corrected chi connectivity index (χ1v) is 8.37. The molecule has 0 amide bonds. The molecule has 3 unspecified atom stereocenters. The fourth-order valence-electron chi connectivity index (χ4n) is 3.85. The molecule has 1 N–H and O–H groups in total. The predicted octanol–water partition coefficient (Wildman–Crippen LogP) is 3.33. The van der Waals surface area contributed by atoms with Crippen LogP contribution in [-0.4, -0.2) is 35.2 Å². The molecule has 1 aliphatic heterocycles. The highest BCUT2D eigenvalue weighted by Crippen LogP contribution is 2.34. The largest absolute Gasteiger partial charge is 0.393 e. The van der Waals surface area contributed by atoms with Crippen molar-refractivity contribution < 1.29 is 5.11 Å². The van der Waals surface area contributed by atoms with Gasteiger partial charge in [-0.3, -0.25) is 4.90 Å². The van der Waals surface area contributed by atoms with E-state index in [9.17, 15) is 10.4 Å². The molecule has 2 rings (SSSR count). The van der Waals surface area contributed by atoms with Crippen LogP contribution >= 0.6 is 0 Å². The molecule has 1 saturated heterocycles. The monoisotopic (exact) mass is 278 g/mol. The van der Waals surface area contributed by atoms with Crippen molar-refractivity contribution in [2.24, 2.45) is 11.3 Å². The fourth-order valence-corrected chi connectivity index (χ4v) is 3.85. The lowest BCUT2D eigenvalue weighted by atomic mass is 9.77. The molecular weight excluding hydrogens is 248 g/mol. The average molecular weight is 278 g/mol. The molecule has 1 heterocycles. The number of nitrogens with zero attached hydrogens (tertiary/aromatic N) is 2. The van der Waals surface area contributed by atoms with Gasteiger partial charge in [0.25, 0.3) is 0 Å². The van der Waals surface area contributed by atoms with Gasteiger partial charge < -0.3 is 5.11 Å². The van der Waals surface area contributed by atoms with Crippen molar-refractivity contribution in [3.63, 3.8) is 0 Å². The number of nitriles is 1. The van der Waals surface area contributed by atoms with E-state index >= 15 is 0 Å². The summed E-state index contributed by atoms with van der Waals surface area (Å²) in [6.07, 6.45) is 9.26. The molecule has 0 spiro atoms. The summed E-state index contributed by atoms with van der Waals surface area (Å²) in [6.45, 7) is 6.21. The van der Waals surface area contributed by atoms with Gasteiger partial charge >= 0.3 is 0 Å². The van der Waals surface area contributed by atoms with E-state index in [0.29, 0.717) is 12.0 Å². The Morgan fingerprint density at radius 1 is 1.15 bits per heavy atom. The maximum absolute atomic E-state index is 10.3. The molecule has 0 radical (unpaired) electrons. The second-order valence-electron chi connectivity index (χ2n) is 7.36. The SMILES string of the molecule is CC(C)(C#N)CCN1CCCCC1C1CCCCC1O. The van der Waals surface area contributed by atoms with Gasteiger partial charge in [0.1, 0.15) is 0 Å². The molecule has 1 saturated carbocycles. The van der Waals surface area contributed by atoms with Crippen LogP contribution in [0.5, 0.6) is 0 Å². The Labute approximate surface area is 124 Å². The maximum atomic E-state index is 10.3. The Morgan fingerprint density at radius 3 is 2.55 bits per heavy atom. The summed E-state index contributed by atoms with van der Waals surface area (Å²) in [5.41, 5.74) is -0.229. The van der Waals surface area contributed by atoms with Gasteiger partial charge in [-0.1, -0.05) is 19.3 Å². The third kappa shape index (κ3) is 3.96. The van der Waals surface area contributed by atoms with E-state index in [1.54, 1.807) is 0 Å². The molecule has 0 aromatic carbocycles. The highest BCUT2D eigenvalue weighted by molar-refractivity contribution is 4.94. The first-order valence-electron chi connectivity index (χ1n) is 8.37. The summed E-state index contributed by atoms with van der Waals surface area (Å²) >= 11 is 0. The van der Waals surface area contributed by atoms with Gasteiger partial charge in [-0.2, -0.15) is 5.26 Å². The van der Waals surface area contributed by atoms with Gasteiger partial charge in [0.2, 0.25) is 0 Å². The summed E-state index contributed by atoms with van der Waals surface area (Å²) in [4.78, 5) is 2.57. The van der Waals surface area contributed by atoms with Gasteiger partial charge in [-0.25, -0.2) is 0 Å². The van der Waals surface area contributed by atoms with Crippen molar-refractivity contribution in [2.45, 2.75) is 77.4 Å². The Morgan fingerprint density at radius 2 is 1.85 bits per heavy atom. The molecule has 3 nitrogen and oxygen atoms in total. The number of aliphatic hydroxyl groups excluding tert-OH is 1. The average Bonchev–Trinajstić information content (AvgIpc) is 2.46. The molecule has 20 heavy (non-hydrogen) atoms. The summed E-state index contributed by atoms with van der Waals surface area (Å²) in [5, 5.41) is 19.5. The fraction of sp³-hybridized carbons (Fsp3) is 0.941. The van der Waals surface area contributed by atoms with E-state index in [1.165, 1.54) is 38.5 Å². The van der Waals surface area contributed by atoms with Crippen molar-refractivity contribution in [3.8, 4) is 6.07 Å².